The summed E-state index contributed by atoms with van der Waals surface area (Å²) in [5.41, 5.74) is 9.47. The number of carbonyl (C=O) groups is 2. The minimum atomic E-state index is -0.815. The largest absolute Gasteiger partial charge is 0.444 e. The van der Waals surface area contributed by atoms with E-state index in [1.54, 1.807) is 31.5 Å². The van der Waals surface area contributed by atoms with E-state index >= 15 is 0 Å². The number of aromatic nitrogens is 4. The number of anilines is 1. The van der Waals surface area contributed by atoms with Crippen LogP contribution in [0.4, 0.5) is 10.6 Å². The molecule has 0 bridgehead atoms. The van der Waals surface area contributed by atoms with Crippen LogP contribution in [-0.2, 0) is 16.0 Å². The third kappa shape index (κ3) is 4.75. The molecule has 1 atom stereocenters. The van der Waals surface area contributed by atoms with Crippen molar-refractivity contribution in [1.29, 1.82) is 0 Å². The average molecular weight is 558 g/mol. The number of aldehydes is 1. The fourth-order valence-electron chi connectivity index (χ4n) is 3.59. The number of nitrogens with zero attached hydrogens (tertiary/aromatic N) is 4. The van der Waals surface area contributed by atoms with E-state index in [4.69, 9.17) is 10.5 Å². The van der Waals surface area contributed by atoms with E-state index in [1.165, 1.54) is 6.33 Å². The second kappa shape index (κ2) is 8.93. The van der Waals surface area contributed by atoms with Gasteiger partial charge in [0, 0.05) is 32.7 Å². The molecule has 0 saturated heterocycles. The molecule has 0 unspecified atom stereocenters. The van der Waals surface area contributed by atoms with Crippen molar-refractivity contribution >= 4 is 57.2 Å². The quantitative estimate of drug-likeness (QED) is 0.282. The highest BCUT2D eigenvalue weighted by molar-refractivity contribution is 14.1. The molecule has 0 fully saturated rings. The number of nitrogens with one attached hydrogen (secondary N) is 1. The first kappa shape index (κ1) is 22.9. The zero-order valence-corrected chi connectivity index (χ0v) is 20.5. The van der Waals surface area contributed by atoms with E-state index in [0.717, 1.165) is 31.3 Å². The van der Waals surface area contributed by atoms with Crippen molar-refractivity contribution < 1.29 is 14.3 Å². The van der Waals surface area contributed by atoms with Gasteiger partial charge in [-0.15, -0.1) is 0 Å². The van der Waals surface area contributed by atoms with Gasteiger partial charge in [-0.1, -0.05) is 18.2 Å². The number of hydrogen-bond donors (Lipinski definition) is 2. The molecule has 4 aromatic rings. The van der Waals surface area contributed by atoms with Gasteiger partial charge in [0.2, 0.25) is 0 Å². The molecule has 3 aromatic heterocycles. The fourth-order valence-corrected chi connectivity index (χ4v) is 4.61. The Balaban J connectivity index is 1.78. The molecule has 1 amide bonds. The molecule has 0 aliphatic heterocycles. The number of benzene rings is 1. The van der Waals surface area contributed by atoms with E-state index in [9.17, 15) is 9.59 Å². The lowest BCUT2D eigenvalue weighted by atomic mass is 10.1. The van der Waals surface area contributed by atoms with Crippen LogP contribution in [0.1, 0.15) is 26.5 Å². The molecule has 4 rings (SSSR count). The van der Waals surface area contributed by atoms with Gasteiger partial charge in [0.25, 0.3) is 0 Å². The highest BCUT2D eigenvalue weighted by Gasteiger charge is 2.26. The zero-order valence-electron chi connectivity index (χ0n) is 18.4. The van der Waals surface area contributed by atoms with Crippen LogP contribution in [0, 0.1) is 3.57 Å². The van der Waals surface area contributed by atoms with Crippen molar-refractivity contribution in [1.82, 2.24) is 24.9 Å². The van der Waals surface area contributed by atoms with E-state index in [2.05, 4.69) is 43.0 Å². The predicted octanol–water partition coefficient (Wildman–Crippen LogP) is 3.77. The Bertz CT molecular complexity index is 1360. The summed E-state index contributed by atoms with van der Waals surface area (Å²) in [4.78, 5) is 32.7. The topological polar surface area (TPSA) is 124 Å². The first-order valence-corrected chi connectivity index (χ1v) is 11.4. The van der Waals surface area contributed by atoms with Gasteiger partial charge < -0.3 is 20.6 Å². The highest BCUT2D eigenvalue weighted by atomic mass is 127. The number of ether oxygens (including phenoxy) is 1. The lowest BCUT2D eigenvalue weighted by Gasteiger charge is -2.21. The Morgan fingerprint density at radius 1 is 1.30 bits per heavy atom. The van der Waals surface area contributed by atoms with Gasteiger partial charge >= 0.3 is 6.09 Å². The third-order valence-electron chi connectivity index (χ3n) is 4.94. The van der Waals surface area contributed by atoms with Crippen molar-refractivity contribution in [3.05, 3.63) is 52.1 Å². The molecule has 0 aliphatic carbocycles. The fraction of sp³-hybridized carbons (Fsp3) is 0.261. The number of rotatable bonds is 5. The first-order chi connectivity index (χ1) is 15.7. The molecule has 170 valence electrons. The summed E-state index contributed by atoms with van der Waals surface area (Å²) in [6.45, 7) is 5.28. The highest BCUT2D eigenvalue weighted by Crippen LogP contribution is 2.37. The van der Waals surface area contributed by atoms with E-state index < -0.39 is 17.7 Å². The number of carbonyl (C=O) groups excluding carboxylic acids is 2. The Kier molecular flexibility index (Phi) is 6.19. The normalized spacial score (nSPS) is 12.6. The second-order valence-corrected chi connectivity index (χ2v) is 9.63. The lowest BCUT2D eigenvalue weighted by Crippen LogP contribution is -2.41. The monoisotopic (exact) mass is 558 g/mol. The number of para-hydroxylation sites is 1. The minimum Gasteiger partial charge on any atom is -0.444 e. The molecule has 0 saturated carbocycles. The van der Waals surface area contributed by atoms with Crippen molar-refractivity contribution in [2.75, 3.05) is 5.73 Å². The minimum absolute atomic E-state index is 0.194. The molecule has 0 aliphatic rings. The van der Waals surface area contributed by atoms with Crippen LogP contribution in [0.3, 0.4) is 0 Å². The summed E-state index contributed by atoms with van der Waals surface area (Å²) in [6.07, 6.45) is 3.36. The summed E-state index contributed by atoms with van der Waals surface area (Å²) in [6, 6.07) is 9.05. The van der Waals surface area contributed by atoms with Crippen LogP contribution in [0.25, 0.3) is 27.5 Å². The van der Waals surface area contributed by atoms with Gasteiger partial charge in [-0.05, 0) is 55.5 Å². The number of amides is 1. The molecule has 0 radical (unpaired) electrons. The summed E-state index contributed by atoms with van der Waals surface area (Å²) < 4.78 is 7.80. The molecule has 1 aromatic carbocycles. The van der Waals surface area contributed by atoms with Crippen LogP contribution in [0.2, 0.25) is 0 Å². The van der Waals surface area contributed by atoms with Gasteiger partial charge in [0.1, 0.15) is 23.7 Å². The SMILES string of the molecule is CC(C)(C)OC(=O)N[C@@H](C=O)Cc1c(I)c(-c2cnc3ccccc3c2)c2c(N)ncnn12. The van der Waals surface area contributed by atoms with Crippen LogP contribution < -0.4 is 11.1 Å². The zero-order chi connectivity index (χ0) is 23.8. The Morgan fingerprint density at radius 3 is 2.79 bits per heavy atom. The number of pyridine rings is 1. The molecule has 33 heavy (non-hydrogen) atoms. The standard InChI is InChI=1S/C23H23IN6O3/c1-23(2,3)33-22(32)29-15(11-31)9-17-19(24)18(20-21(25)27-12-28-30(17)20)14-8-13-6-4-5-7-16(13)26-10-14/h4-8,10-12,15H,9H2,1-3H3,(H,29,32)(H2,25,27,28)/t15-/m1/s1. The Hall–Kier alpha value is -3.28. The number of nitrogens with two attached hydrogens (primary N) is 1. The van der Waals surface area contributed by atoms with Gasteiger partial charge in [-0.3, -0.25) is 4.98 Å². The van der Waals surface area contributed by atoms with Gasteiger partial charge in [-0.2, -0.15) is 5.10 Å². The molecule has 0 spiro atoms. The molecule has 3 heterocycles. The lowest BCUT2D eigenvalue weighted by molar-refractivity contribution is -0.109. The molecule has 9 nitrogen and oxygen atoms in total. The number of fused-ring (bicyclic) bond motifs is 2. The average Bonchev–Trinajstić information content (AvgIpc) is 3.04. The van der Waals surface area contributed by atoms with Gasteiger partial charge in [-0.25, -0.2) is 14.3 Å². The van der Waals surface area contributed by atoms with Crippen molar-refractivity contribution in [3.63, 3.8) is 0 Å². The third-order valence-corrected chi connectivity index (χ3v) is 6.10. The molecule has 3 N–H and O–H groups in total. The summed E-state index contributed by atoms with van der Waals surface area (Å²) in [7, 11) is 0. The maximum absolute atomic E-state index is 12.2. The first-order valence-electron chi connectivity index (χ1n) is 10.3. The van der Waals surface area contributed by atoms with Crippen LogP contribution >= 0.6 is 22.6 Å². The summed E-state index contributed by atoms with van der Waals surface area (Å²) in [5.74, 6) is 0.306. The van der Waals surface area contributed by atoms with Crippen molar-refractivity contribution in [2.45, 2.75) is 38.8 Å². The summed E-state index contributed by atoms with van der Waals surface area (Å²) in [5, 5.41) is 7.98. The maximum atomic E-state index is 12.2. The molecular weight excluding hydrogens is 535 g/mol. The number of nitrogen functional groups attached to an aromatic ring is 1. The predicted molar refractivity (Wildman–Crippen MR) is 134 cm³/mol. The molecule has 10 heteroatoms. The van der Waals surface area contributed by atoms with Crippen LogP contribution in [0.5, 0.6) is 0 Å². The van der Waals surface area contributed by atoms with E-state index in [0.29, 0.717) is 17.6 Å². The van der Waals surface area contributed by atoms with Crippen LogP contribution in [-0.4, -0.2) is 43.6 Å². The molecular formula is C23H23IN6O3. The maximum Gasteiger partial charge on any atom is 0.408 e. The smallest absolute Gasteiger partial charge is 0.408 e. The number of alkyl carbamates (subject to hydrolysis) is 1. The van der Waals surface area contributed by atoms with Crippen molar-refractivity contribution in [2.24, 2.45) is 0 Å². The van der Waals surface area contributed by atoms with E-state index in [-0.39, 0.29) is 6.42 Å². The van der Waals surface area contributed by atoms with Gasteiger partial charge in [0.05, 0.1) is 17.3 Å². The Labute approximate surface area is 203 Å². The second-order valence-electron chi connectivity index (χ2n) is 8.55. The summed E-state index contributed by atoms with van der Waals surface area (Å²) >= 11 is 2.21. The van der Waals surface area contributed by atoms with Gasteiger partial charge in [0.15, 0.2) is 5.82 Å². The van der Waals surface area contributed by atoms with Crippen LogP contribution in [0.15, 0.2) is 42.9 Å². The van der Waals surface area contributed by atoms with Crippen molar-refractivity contribution in [3.8, 4) is 11.1 Å². The number of halogens is 1. The van der Waals surface area contributed by atoms with E-state index in [1.807, 2.05) is 30.3 Å². The Morgan fingerprint density at radius 2 is 2.06 bits per heavy atom. The number of hydrogen-bond acceptors (Lipinski definition) is 7.